The SMILES string of the molecule is O=C(Cc1ccccc1Br)C1CCCO1. The van der Waals surface area contributed by atoms with E-state index in [1.165, 1.54) is 0 Å². The summed E-state index contributed by atoms with van der Waals surface area (Å²) in [6, 6.07) is 7.82. The molecule has 2 rings (SSSR count). The molecule has 3 heteroatoms. The van der Waals surface area contributed by atoms with Gasteiger partial charge in [0.15, 0.2) is 5.78 Å². The van der Waals surface area contributed by atoms with Gasteiger partial charge in [-0.1, -0.05) is 34.1 Å². The molecular weight excluding hydrogens is 256 g/mol. The fourth-order valence-electron chi connectivity index (χ4n) is 1.77. The third-order valence-corrected chi connectivity index (χ3v) is 3.38. The number of ketones is 1. The number of benzene rings is 1. The van der Waals surface area contributed by atoms with Crippen molar-refractivity contribution in [3.05, 3.63) is 34.3 Å². The summed E-state index contributed by atoms with van der Waals surface area (Å²) in [5, 5.41) is 0. The number of rotatable bonds is 3. The average Bonchev–Trinajstić information content (AvgIpc) is 2.74. The molecule has 0 N–H and O–H groups in total. The van der Waals surface area contributed by atoms with E-state index in [4.69, 9.17) is 4.74 Å². The normalized spacial score (nSPS) is 20.5. The summed E-state index contributed by atoms with van der Waals surface area (Å²) in [4.78, 5) is 11.8. The maximum atomic E-state index is 11.8. The van der Waals surface area contributed by atoms with Crippen molar-refractivity contribution in [3.8, 4) is 0 Å². The van der Waals surface area contributed by atoms with Gasteiger partial charge in [0.25, 0.3) is 0 Å². The van der Waals surface area contributed by atoms with Crippen LogP contribution in [0.2, 0.25) is 0 Å². The van der Waals surface area contributed by atoms with Crippen LogP contribution in [0.1, 0.15) is 18.4 Å². The van der Waals surface area contributed by atoms with E-state index < -0.39 is 0 Å². The summed E-state index contributed by atoms with van der Waals surface area (Å²) in [5.41, 5.74) is 1.04. The molecule has 0 amide bonds. The molecule has 1 heterocycles. The lowest BCUT2D eigenvalue weighted by atomic mass is 10.0. The first kappa shape index (κ1) is 10.8. The lowest BCUT2D eigenvalue weighted by molar-refractivity contribution is -0.127. The van der Waals surface area contributed by atoms with Crippen molar-refractivity contribution in [2.45, 2.75) is 25.4 Å². The summed E-state index contributed by atoms with van der Waals surface area (Å²) < 4.78 is 6.36. The predicted molar refractivity (Wildman–Crippen MR) is 61.8 cm³/mol. The van der Waals surface area contributed by atoms with Crippen LogP contribution in [0.5, 0.6) is 0 Å². The fraction of sp³-hybridized carbons (Fsp3) is 0.417. The van der Waals surface area contributed by atoms with Gasteiger partial charge in [0.05, 0.1) is 0 Å². The minimum absolute atomic E-state index is 0.169. The van der Waals surface area contributed by atoms with E-state index in [1.807, 2.05) is 24.3 Å². The minimum Gasteiger partial charge on any atom is -0.370 e. The van der Waals surface area contributed by atoms with Crippen molar-refractivity contribution in [3.63, 3.8) is 0 Å². The molecule has 0 saturated carbocycles. The molecule has 2 nitrogen and oxygen atoms in total. The molecule has 80 valence electrons. The van der Waals surface area contributed by atoms with E-state index >= 15 is 0 Å². The molecular formula is C12H13BrO2. The topological polar surface area (TPSA) is 26.3 Å². The van der Waals surface area contributed by atoms with Gasteiger partial charge in [0.1, 0.15) is 6.10 Å². The maximum absolute atomic E-state index is 11.8. The lowest BCUT2D eigenvalue weighted by Gasteiger charge is -2.08. The Morgan fingerprint density at radius 1 is 1.47 bits per heavy atom. The van der Waals surface area contributed by atoms with Crippen molar-refractivity contribution < 1.29 is 9.53 Å². The lowest BCUT2D eigenvalue weighted by Crippen LogP contribution is -2.21. The summed E-state index contributed by atoms with van der Waals surface area (Å²) in [7, 11) is 0. The average molecular weight is 269 g/mol. The van der Waals surface area contributed by atoms with Crippen LogP contribution in [-0.4, -0.2) is 18.5 Å². The number of Topliss-reactive ketones (excluding diaryl/α,β-unsaturated/α-hetero) is 1. The standard InChI is InChI=1S/C12H13BrO2/c13-10-5-2-1-4-9(10)8-11(14)12-6-3-7-15-12/h1-2,4-5,12H,3,6-8H2. The van der Waals surface area contributed by atoms with Crippen LogP contribution in [0, 0.1) is 0 Å². The molecule has 1 aromatic rings. The Bertz CT molecular complexity index is 356. The highest BCUT2D eigenvalue weighted by molar-refractivity contribution is 9.10. The molecule has 15 heavy (non-hydrogen) atoms. The molecule has 1 saturated heterocycles. The number of ether oxygens (including phenoxy) is 1. The van der Waals surface area contributed by atoms with Gasteiger partial charge >= 0.3 is 0 Å². The monoisotopic (exact) mass is 268 g/mol. The van der Waals surface area contributed by atoms with Gasteiger partial charge < -0.3 is 4.74 Å². The zero-order valence-corrected chi connectivity index (χ0v) is 10.00. The number of carbonyl (C=O) groups excluding carboxylic acids is 1. The van der Waals surface area contributed by atoms with Gasteiger partial charge in [-0.05, 0) is 24.5 Å². The largest absolute Gasteiger partial charge is 0.370 e. The number of carbonyl (C=O) groups is 1. The van der Waals surface area contributed by atoms with Crippen LogP contribution in [0.4, 0.5) is 0 Å². The molecule has 1 aliphatic rings. The second kappa shape index (κ2) is 4.90. The Labute approximate surface area is 97.8 Å². The van der Waals surface area contributed by atoms with Gasteiger partial charge in [-0.15, -0.1) is 0 Å². The Morgan fingerprint density at radius 2 is 2.27 bits per heavy atom. The third-order valence-electron chi connectivity index (χ3n) is 2.61. The van der Waals surface area contributed by atoms with Gasteiger partial charge in [-0.3, -0.25) is 4.79 Å². The first-order valence-electron chi connectivity index (χ1n) is 5.15. The van der Waals surface area contributed by atoms with Gasteiger partial charge in [0.2, 0.25) is 0 Å². The number of hydrogen-bond acceptors (Lipinski definition) is 2. The van der Waals surface area contributed by atoms with E-state index in [2.05, 4.69) is 15.9 Å². The molecule has 0 spiro atoms. The molecule has 0 aromatic heterocycles. The summed E-state index contributed by atoms with van der Waals surface area (Å²) >= 11 is 3.44. The zero-order valence-electron chi connectivity index (χ0n) is 8.41. The van der Waals surface area contributed by atoms with Crippen LogP contribution < -0.4 is 0 Å². The Balaban J connectivity index is 2.02. The van der Waals surface area contributed by atoms with Crippen molar-refractivity contribution in [2.75, 3.05) is 6.61 Å². The molecule has 1 aromatic carbocycles. The molecule has 1 atom stereocenters. The molecule has 0 radical (unpaired) electrons. The van der Waals surface area contributed by atoms with Crippen LogP contribution in [0.3, 0.4) is 0 Å². The highest BCUT2D eigenvalue weighted by Crippen LogP contribution is 2.20. The Morgan fingerprint density at radius 3 is 2.93 bits per heavy atom. The zero-order chi connectivity index (χ0) is 10.7. The maximum Gasteiger partial charge on any atom is 0.165 e. The van der Waals surface area contributed by atoms with Crippen molar-refractivity contribution in [2.24, 2.45) is 0 Å². The second-order valence-corrected chi connectivity index (χ2v) is 4.59. The second-order valence-electron chi connectivity index (χ2n) is 3.74. The van der Waals surface area contributed by atoms with Crippen molar-refractivity contribution in [1.82, 2.24) is 0 Å². The highest BCUT2D eigenvalue weighted by Gasteiger charge is 2.23. The Kier molecular flexibility index (Phi) is 3.54. The molecule has 1 aliphatic heterocycles. The fourth-order valence-corrected chi connectivity index (χ4v) is 2.20. The van der Waals surface area contributed by atoms with E-state index in [9.17, 15) is 4.79 Å². The first-order valence-corrected chi connectivity index (χ1v) is 5.94. The molecule has 1 unspecified atom stereocenters. The van der Waals surface area contributed by atoms with Crippen LogP contribution >= 0.6 is 15.9 Å². The van der Waals surface area contributed by atoms with Crippen LogP contribution in [-0.2, 0) is 16.0 Å². The smallest absolute Gasteiger partial charge is 0.165 e. The Hall–Kier alpha value is -0.670. The van der Waals surface area contributed by atoms with E-state index in [0.717, 1.165) is 29.5 Å². The number of halogens is 1. The third kappa shape index (κ3) is 2.67. The van der Waals surface area contributed by atoms with Crippen molar-refractivity contribution >= 4 is 21.7 Å². The van der Waals surface area contributed by atoms with Crippen LogP contribution in [0.25, 0.3) is 0 Å². The summed E-state index contributed by atoms with van der Waals surface area (Å²) in [6.45, 7) is 0.729. The van der Waals surface area contributed by atoms with E-state index in [1.54, 1.807) is 0 Å². The van der Waals surface area contributed by atoms with Crippen molar-refractivity contribution in [1.29, 1.82) is 0 Å². The van der Waals surface area contributed by atoms with E-state index in [-0.39, 0.29) is 11.9 Å². The summed E-state index contributed by atoms with van der Waals surface area (Å²) in [5.74, 6) is 0.194. The highest BCUT2D eigenvalue weighted by atomic mass is 79.9. The molecule has 1 fully saturated rings. The van der Waals surface area contributed by atoms with Gasteiger partial charge in [0, 0.05) is 17.5 Å². The van der Waals surface area contributed by atoms with E-state index in [0.29, 0.717) is 6.42 Å². The van der Waals surface area contributed by atoms with Gasteiger partial charge in [-0.2, -0.15) is 0 Å². The predicted octanol–water partition coefficient (Wildman–Crippen LogP) is 2.74. The minimum atomic E-state index is -0.169. The van der Waals surface area contributed by atoms with Gasteiger partial charge in [-0.25, -0.2) is 0 Å². The molecule has 0 bridgehead atoms. The molecule has 0 aliphatic carbocycles. The summed E-state index contributed by atoms with van der Waals surface area (Å²) in [6.07, 6.45) is 2.18. The van der Waals surface area contributed by atoms with Crippen LogP contribution in [0.15, 0.2) is 28.7 Å². The quantitative estimate of drug-likeness (QED) is 0.843. The first-order chi connectivity index (χ1) is 7.27. The number of hydrogen-bond donors (Lipinski definition) is 0.